The van der Waals surface area contributed by atoms with Crippen molar-refractivity contribution in [2.24, 2.45) is 5.73 Å². The molecule has 0 spiro atoms. The first-order valence-corrected chi connectivity index (χ1v) is 6.64. The number of alkyl halides is 1. The number of nitrogens with two attached hydrogens (primary N) is 1. The fourth-order valence-corrected chi connectivity index (χ4v) is 4.79. The van der Waals surface area contributed by atoms with Crippen LogP contribution in [0.2, 0.25) is 0 Å². The summed E-state index contributed by atoms with van der Waals surface area (Å²) in [6, 6.07) is 8.55. The summed E-state index contributed by atoms with van der Waals surface area (Å²) in [5, 5.41) is 0. The summed E-state index contributed by atoms with van der Waals surface area (Å²) in [6.45, 7) is 0. The number of hydrogen-bond donors (Lipinski definition) is 1. The van der Waals surface area contributed by atoms with Crippen molar-refractivity contribution in [3.05, 3.63) is 35.4 Å². The Labute approximate surface area is 101 Å². The van der Waals surface area contributed by atoms with E-state index in [4.69, 9.17) is 5.73 Å². The van der Waals surface area contributed by atoms with Crippen molar-refractivity contribution in [3.63, 3.8) is 0 Å². The van der Waals surface area contributed by atoms with Crippen LogP contribution in [-0.4, -0.2) is 11.2 Å². The highest BCUT2D eigenvalue weighted by Crippen LogP contribution is 2.59. The maximum absolute atomic E-state index is 14.9. The van der Waals surface area contributed by atoms with Crippen LogP contribution in [0.4, 0.5) is 4.39 Å². The molecule has 0 saturated heterocycles. The van der Waals surface area contributed by atoms with E-state index in [9.17, 15) is 4.39 Å². The monoisotopic (exact) mass is 231 g/mol. The lowest BCUT2D eigenvalue weighted by Gasteiger charge is -2.49. The van der Waals surface area contributed by atoms with Gasteiger partial charge in [0, 0.05) is 5.54 Å². The quantitative estimate of drug-likeness (QED) is 0.728. The van der Waals surface area contributed by atoms with Crippen LogP contribution in [0, 0.1) is 0 Å². The fourth-order valence-electron chi connectivity index (χ4n) is 4.79. The maximum Gasteiger partial charge on any atom is 0.114 e. The molecule has 2 N–H and O–H groups in total. The highest BCUT2D eigenvalue weighted by Gasteiger charge is 2.55. The smallest absolute Gasteiger partial charge is 0.114 e. The third-order valence-electron chi connectivity index (χ3n) is 5.07. The first-order chi connectivity index (χ1) is 8.07. The lowest BCUT2D eigenvalue weighted by molar-refractivity contribution is 0.00318. The summed E-state index contributed by atoms with van der Waals surface area (Å²) in [4.78, 5) is 0. The van der Waals surface area contributed by atoms with E-state index in [0.29, 0.717) is 31.1 Å². The van der Waals surface area contributed by atoms with Crippen molar-refractivity contribution < 1.29 is 4.39 Å². The molecular formula is C15H18FN. The summed E-state index contributed by atoms with van der Waals surface area (Å²) in [5.74, 6) is 0.699. The van der Waals surface area contributed by atoms with Gasteiger partial charge in [0.15, 0.2) is 0 Å². The zero-order valence-electron chi connectivity index (χ0n) is 9.95. The second kappa shape index (κ2) is 2.92. The zero-order chi connectivity index (χ0) is 11.7. The highest BCUT2D eigenvalue weighted by molar-refractivity contribution is 5.40. The van der Waals surface area contributed by atoms with Gasteiger partial charge in [0.25, 0.3) is 0 Å². The van der Waals surface area contributed by atoms with E-state index in [1.165, 1.54) is 11.1 Å². The number of hydrogen-bond acceptors (Lipinski definition) is 1. The number of halogens is 1. The molecule has 0 aliphatic heterocycles. The Hall–Kier alpha value is -0.890. The van der Waals surface area contributed by atoms with Gasteiger partial charge in [0.1, 0.15) is 5.67 Å². The molecule has 1 nitrogen and oxygen atoms in total. The second-order valence-corrected chi connectivity index (χ2v) is 6.53. The average Bonchev–Trinajstić information content (AvgIpc) is 2.38. The second-order valence-electron chi connectivity index (χ2n) is 6.53. The topological polar surface area (TPSA) is 26.0 Å². The van der Waals surface area contributed by atoms with Crippen molar-refractivity contribution in [2.45, 2.75) is 55.1 Å². The minimum Gasteiger partial charge on any atom is -0.325 e. The van der Waals surface area contributed by atoms with Gasteiger partial charge in [-0.15, -0.1) is 0 Å². The summed E-state index contributed by atoms with van der Waals surface area (Å²) < 4.78 is 14.9. The van der Waals surface area contributed by atoms with Gasteiger partial charge in [-0.3, -0.25) is 0 Å². The van der Waals surface area contributed by atoms with Crippen molar-refractivity contribution in [2.75, 3.05) is 0 Å². The summed E-state index contributed by atoms with van der Waals surface area (Å²) in [5.41, 5.74) is 7.95. The van der Waals surface area contributed by atoms with E-state index < -0.39 is 5.67 Å². The van der Waals surface area contributed by atoms with Gasteiger partial charge in [0.05, 0.1) is 0 Å². The molecule has 5 rings (SSSR count). The van der Waals surface area contributed by atoms with Crippen molar-refractivity contribution in [1.29, 1.82) is 0 Å². The molecule has 0 heterocycles. The van der Waals surface area contributed by atoms with Gasteiger partial charge in [-0.2, -0.15) is 0 Å². The summed E-state index contributed by atoms with van der Waals surface area (Å²) in [6.07, 6.45) is 3.93. The maximum atomic E-state index is 14.9. The van der Waals surface area contributed by atoms with E-state index in [1.807, 2.05) is 0 Å². The van der Waals surface area contributed by atoms with Gasteiger partial charge >= 0.3 is 0 Å². The van der Waals surface area contributed by atoms with Gasteiger partial charge < -0.3 is 5.73 Å². The van der Waals surface area contributed by atoms with E-state index >= 15 is 0 Å². The molecule has 17 heavy (non-hydrogen) atoms. The van der Waals surface area contributed by atoms with Crippen molar-refractivity contribution in [1.82, 2.24) is 0 Å². The van der Waals surface area contributed by atoms with Crippen LogP contribution in [0.5, 0.6) is 0 Å². The van der Waals surface area contributed by atoms with Gasteiger partial charge in [0.2, 0.25) is 0 Å². The molecule has 1 aromatic carbocycles. The van der Waals surface area contributed by atoms with E-state index in [-0.39, 0.29) is 5.54 Å². The zero-order valence-corrected chi connectivity index (χ0v) is 9.95. The first kappa shape index (κ1) is 10.1. The van der Waals surface area contributed by atoms with Crippen LogP contribution >= 0.6 is 0 Å². The lowest BCUT2D eigenvalue weighted by Crippen LogP contribution is -2.55. The molecule has 4 aliphatic rings. The normalized spacial score (nSPS) is 46.7. The van der Waals surface area contributed by atoms with Gasteiger partial charge in [-0.1, -0.05) is 24.3 Å². The van der Waals surface area contributed by atoms with Crippen molar-refractivity contribution >= 4 is 0 Å². The van der Waals surface area contributed by atoms with Crippen LogP contribution in [0.15, 0.2) is 24.3 Å². The number of rotatable bonds is 0. The first-order valence-electron chi connectivity index (χ1n) is 6.64. The molecule has 4 aliphatic carbocycles. The summed E-state index contributed by atoms with van der Waals surface area (Å²) >= 11 is 0. The Balaban J connectivity index is 1.93. The predicted octanol–water partition coefficient (Wildman–Crippen LogP) is 3.25. The highest BCUT2D eigenvalue weighted by atomic mass is 19.1. The Morgan fingerprint density at radius 1 is 1.00 bits per heavy atom. The standard InChI is InChI=1S/C15H18FN/c16-14-5-10-7-15(17,9-14)8-11(6-14)13-4-2-1-3-12(10)13/h1-4,10-11H,5-9,17H2. The van der Waals surface area contributed by atoms with Crippen LogP contribution in [-0.2, 0) is 0 Å². The third-order valence-corrected chi connectivity index (χ3v) is 5.07. The number of benzene rings is 1. The Kier molecular flexibility index (Phi) is 1.73. The minimum absolute atomic E-state index is 0.250. The third kappa shape index (κ3) is 1.33. The van der Waals surface area contributed by atoms with E-state index in [1.54, 1.807) is 0 Å². The van der Waals surface area contributed by atoms with Crippen LogP contribution in [0.25, 0.3) is 0 Å². The lowest BCUT2D eigenvalue weighted by atomic mass is 9.61. The molecule has 2 saturated carbocycles. The minimum atomic E-state index is -1.00. The van der Waals surface area contributed by atoms with Gasteiger partial charge in [-0.05, 0) is 55.1 Å². The molecule has 2 fully saturated rings. The Morgan fingerprint density at radius 2 is 1.53 bits per heavy atom. The molecule has 0 aromatic heterocycles. The largest absolute Gasteiger partial charge is 0.325 e. The van der Waals surface area contributed by atoms with E-state index in [2.05, 4.69) is 24.3 Å². The Bertz CT molecular complexity index is 427. The molecule has 90 valence electrons. The Morgan fingerprint density at radius 3 is 2.00 bits per heavy atom. The molecule has 2 unspecified atom stereocenters. The molecule has 1 aromatic rings. The van der Waals surface area contributed by atoms with E-state index in [0.717, 1.165) is 12.8 Å². The molecule has 2 atom stereocenters. The van der Waals surface area contributed by atoms with Crippen LogP contribution in [0.3, 0.4) is 0 Å². The molecule has 2 heteroatoms. The van der Waals surface area contributed by atoms with Crippen molar-refractivity contribution in [3.8, 4) is 0 Å². The summed E-state index contributed by atoms with van der Waals surface area (Å²) in [7, 11) is 0. The average molecular weight is 231 g/mol. The predicted molar refractivity (Wildman–Crippen MR) is 65.8 cm³/mol. The molecule has 0 radical (unpaired) electrons. The van der Waals surface area contributed by atoms with Crippen LogP contribution in [0.1, 0.15) is 55.1 Å². The molecule has 4 bridgehead atoms. The molecule has 0 amide bonds. The SMILES string of the molecule is NC12CC3CC(F)(CC(C1)c1ccccc13)C2. The fraction of sp³-hybridized carbons (Fsp3) is 0.600. The van der Waals surface area contributed by atoms with Gasteiger partial charge in [-0.25, -0.2) is 4.39 Å². The van der Waals surface area contributed by atoms with Crippen LogP contribution < -0.4 is 5.73 Å². The molecular weight excluding hydrogens is 213 g/mol.